The van der Waals surface area contributed by atoms with Crippen molar-refractivity contribution in [3.63, 3.8) is 0 Å². The number of rotatable bonds is 4. The van der Waals surface area contributed by atoms with Crippen molar-refractivity contribution in [1.29, 1.82) is 0 Å². The minimum absolute atomic E-state index is 0.188. The normalized spacial score (nSPS) is 15.8. The van der Waals surface area contributed by atoms with Crippen LogP contribution in [0.25, 0.3) is 0 Å². The van der Waals surface area contributed by atoms with Gasteiger partial charge in [0.25, 0.3) is 0 Å². The van der Waals surface area contributed by atoms with E-state index in [1.54, 1.807) is 5.01 Å². The zero-order valence-electron chi connectivity index (χ0n) is 10.4. The van der Waals surface area contributed by atoms with Gasteiger partial charge in [0.1, 0.15) is 0 Å². The molecule has 1 saturated heterocycles. The molecule has 0 spiro atoms. The predicted molar refractivity (Wildman–Crippen MR) is 68.8 cm³/mol. The SMILES string of the molecule is CNCCc1ccccc1N1CCC(=O)N1C. The topological polar surface area (TPSA) is 35.6 Å². The molecule has 0 bridgehead atoms. The second-order valence-electron chi connectivity index (χ2n) is 4.27. The summed E-state index contributed by atoms with van der Waals surface area (Å²) >= 11 is 0. The molecule has 4 heteroatoms. The number of likely N-dealkylation sites (N-methyl/N-ethyl adjacent to an activating group) is 1. The summed E-state index contributed by atoms with van der Waals surface area (Å²) in [6, 6.07) is 8.28. The van der Waals surface area contributed by atoms with Crippen LogP contribution in [0, 0.1) is 0 Å². The van der Waals surface area contributed by atoms with Crippen molar-refractivity contribution in [2.24, 2.45) is 0 Å². The number of anilines is 1. The van der Waals surface area contributed by atoms with Gasteiger partial charge < -0.3 is 5.32 Å². The van der Waals surface area contributed by atoms with Crippen LogP contribution < -0.4 is 10.3 Å². The molecule has 1 aliphatic rings. The van der Waals surface area contributed by atoms with E-state index < -0.39 is 0 Å². The highest BCUT2D eigenvalue weighted by Gasteiger charge is 2.26. The largest absolute Gasteiger partial charge is 0.319 e. The first kappa shape index (κ1) is 11.9. The number of amides is 1. The van der Waals surface area contributed by atoms with Gasteiger partial charge in [-0.3, -0.25) is 14.8 Å². The Morgan fingerprint density at radius 2 is 2.12 bits per heavy atom. The van der Waals surface area contributed by atoms with Gasteiger partial charge >= 0.3 is 0 Å². The maximum Gasteiger partial charge on any atom is 0.242 e. The molecule has 4 nitrogen and oxygen atoms in total. The fourth-order valence-electron chi connectivity index (χ4n) is 2.16. The van der Waals surface area contributed by atoms with E-state index >= 15 is 0 Å². The number of para-hydroxylation sites is 1. The fraction of sp³-hybridized carbons (Fsp3) is 0.462. The molecule has 0 radical (unpaired) electrons. The number of carbonyl (C=O) groups is 1. The summed E-state index contributed by atoms with van der Waals surface area (Å²) in [6.07, 6.45) is 1.59. The zero-order valence-corrected chi connectivity index (χ0v) is 10.4. The third-order valence-corrected chi connectivity index (χ3v) is 3.17. The van der Waals surface area contributed by atoms with Crippen LogP contribution >= 0.6 is 0 Å². The number of benzene rings is 1. The van der Waals surface area contributed by atoms with Gasteiger partial charge in [0.2, 0.25) is 5.91 Å². The molecule has 1 aromatic carbocycles. The van der Waals surface area contributed by atoms with Gasteiger partial charge in [-0.1, -0.05) is 18.2 Å². The number of nitrogens with zero attached hydrogens (tertiary/aromatic N) is 2. The first-order valence-corrected chi connectivity index (χ1v) is 6.00. The Bertz CT molecular complexity index is 405. The number of carbonyl (C=O) groups excluding carboxylic acids is 1. The Balaban J connectivity index is 2.22. The lowest BCUT2D eigenvalue weighted by Crippen LogP contribution is -2.36. The van der Waals surface area contributed by atoms with Gasteiger partial charge in [0.15, 0.2) is 0 Å². The molecule has 1 amide bonds. The molecule has 0 unspecified atom stereocenters. The highest BCUT2D eigenvalue weighted by molar-refractivity contribution is 5.81. The van der Waals surface area contributed by atoms with E-state index in [4.69, 9.17) is 0 Å². The molecule has 2 rings (SSSR count). The minimum atomic E-state index is 0.188. The number of hydrazine groups is 1. The maximum absolute atomic E-state index is 11.6. The van der Waals surface area contributed by atoms with Crippen LogP contribution in [0.1, 0.15) is 12.0 Å². The quantitative estimate of drug-likeness (QED) is 0.844. The van der Waals surface area contributed by atoms with Crippen molar-refractivity contribution < 1.29 is 4.79 Å². The standard InChI is InChI=1S/C13H19N3O/c1-14-9-7-11-5-3-4-6-12(11)16-10-8-13(17)15(16)2/h3-6,14H,7-10H2,1-2H3. The molecule has 17 heavy (non-hydrogen) atoms. The third-order valence-electron chi connectivity index (χ3n) is 3.17. The summed E-state index contributed by atoms with van der Waals surface area (Å²) < 4.78 is 0. The number of hydrogen-bond donors (Lipinski definition) is 1. The average molecular weight is 233 g/mol. The molecule has 1 heterocycles. The van der Waals surface area contributed by atoms with E-state index in [1.807, 2.05) is 26.2 Å². The van der Waals surface area contributed by atoms with Gasteiger partial charge in [-0.05, 0) is 31.6 Å². The lowest BCUT2D eigenvalue weighted by molar-refractivity contribution is -0.126. The average Bonchev–Trinajstić information content (AvgIpc) is 2.68. The van der Waals surface area contributed by atoms with Crippen LogP contribution in [0.15, 0.2) is 24.3 Å². The van der Waals surface area contributed by atoms with Crippen LogP contribution in [-0.4, -0.2) is 38.1 Å². The zero-order chi connectivity index (χ0) is 12.3. The Morgan fingerprint density at radius 3 is 2.76 bits per heavy atom. The van der Waals surface area contributed by atoms with Gasteiger partial charge in [-0.15, -0.1) is 0 Å². The molecule has 0 saturated carbocycles. The van der Waals surface area contributed by atoms with Crippen LogP contribution in [-0.2, 0) is 11.2 Å². The summed E-state index contributed by atoms with van der Waals surface area (Å²) in [5.41, 5.74) is 2.43. The second kappa shape index (κ2) is 5.19. The van der Waals surface area contributed by atoms with Crippen molar-refractivity contribution in [2.75, 3.05) is 32.2 Å². The van der Waals surface area contributed by atoms with E-state index in [-0.39, 0.29) is 5.91 Å². The smallest absolute Gasteiger partial charge is 0.242 e. The monoisotopic (exact) mass is 233 g/mol. The van der Waals surface area contributed by atoms with Gasteiger partial charge in [-0.25, -0.2) is 0 Å². The molecule has 1 aliphatic heterocycles. The van der Waals surface area contributed by atoms with Gasteiger partial charge in [0, 0.05) is 20.0 Å². The van der Waals surface area contributed by atoms with Crippen LogP contribution in [0.5, 0.6) is 0 Å². The number of hydrogen-bond acceptors (Lipinski definition) is 3. The highest BCUT2D eigenvalue weighted by Crippen LogP contribution is 2.25. The van der Waals surface area contributed by atoms with Crippen molar-refractivity contribution in [3.05, 3.63) is 29.8 Å². The van der Waals surface area contributed by atoms with Gasteiger partial charge in [-0.2, -0.15) is 0 Å². The summed E-state index contributed by atoms with van der Waals surface area (Å²) in [5.74, 6) is 0.188. The Morgan fingerprint density at radius 1 is 1.35 bits per heavy atom. The third kappa shape index (κ3) is 2.42. The molecule has 0 atom stereocenters. The van der Waals surface area contributed by atoms with Crippen LogP contribution in [0.3, 0.4) is 0 Å². The van der Waals surface area contributed by atoms with Gasteiger partial charge in [0.05, 0.1) is 5.69 Å². The Kier molecular flexibility index (Phi) is 3.64. The summed E-state index contributed by atoms with van der Waals surface area (Å²) in [4.78, 5) is 11.6. The molecular formula is C13H19N3O. The molecule has 0 aromatic heterocycles. The van der Waals surface area contributed by atoms with E-state index in [9.17, 15) is 4.79 Å². The van der Waals surface area contributed by atoms with E-state index in [2.05, 4.69) is 22.5 Å². The minimum Gasteiger partial charge on any atom is -0.319 e. The Labute approximate surface area is 102 Å². The first-order valence-electron chi connectivity index (χ1n) is 6.00. The summed E-state index contributed by atoms with van der Waals surface area (Å²) in [7, 11) is 3.79. The molecule has 92 valence electrons. The van der Waals surface area contributed by atoms with Crippen molar-refractivity contribution in [3.8, 4) is 0 Å². The van der Waals surface area contributed by atoms with E-state index in [0.717, 1.165) is 25.2 Å². The van der Waals surface area contributed by atoms with Crippen LogP contribution in [0.4, 0.5) is 5.69 Å². The summed E-state index contributed by atoms with van der Waals surface area (Å²) in [5, 5.41) is 6.94. The number of nitrogens with one attached hydrogen (secondary N) is 1. The van der Waals surface area contributed by atoms with Crippen molar-refractivity contribution in [1.82, 2.24) is 10.3 Å². The highest BCUT2D eigenvalue weighted by atomic mass is 16.2. The Hall–Kier alpha value is -1.55. The predicted octanol–water partition coefficient (Wildman–Crippen LogP) is 1.03. The first-order chi connectivity index (χ1) is 8.24. The second-order valence-corrected chi connectivity index (χ2v) is 4.27. The molecule has 0 aliphatic carbocycles. The fourth-order valence-corrected chi connectivity index (χ4v) is 2.16. The van der Waals surface area contributed by atoms with Crippen molar-refractivity contribution in [2.45, 2.75) is 12.8 Å². The lowest BCUT2D eigenvalue weighted by Gasteiger charge is -2.28. The van der Waals surface area contributed by atoms with E-state index in [1.165, 1.54) is 5.56 Å². The molecule has 1 aromatic rings. The maximum atomic E-state index is 11.6. The summed E-state index contributed by atoms with van der Waals surface area (Å²) in [6.45, 7) is 1.73. The molecule has 1 N–H and O–H groups in total. The van der Waals surface area contributed by atoms with Crippen molar-refractivity contribution >= 4 is 11.6 Å². The molecular weight excluding hydrogens is 214 g/mol. The van der Waals surface area contributed by atoms with E-state index in [0.29, 0.717) is 6.42 Å². The molecule has 1 fully saturated rings. The lowest BCUT2D eigenvalue weighted by atomic mass is 10.1. The van der Waals surface area contributed by atoms with Crippen LogP contribution in [0.2, 0.25) is 0 Å².